The van der Waals surface area contributed by atoms with E-state index in [2.05, 4.69) is 16.0 Å². The van der Waals surface area contributed by atoms with E-state index in [1.54, 1.807) is 6.20 Å². The second-order valence-corrected chi connectivity index (χ2v) is 3.95. The van der Waals surface area contributed by atoms with Crippen LogP contribution in [0.2, 0.25) is 0 Å². The Kier molecular flexibility index (Phi) is 1.94. The van der Waals surface area contributed by atoms with Crippen LogP contribution in [-0.2, 0) is 6.61 Å². The number of hydrogen-bond acceptors (Lipinski definition) is 2. The molecule has 0 fully saturated rings. The van der Waals surface area contributed by atoms with Crippen LogP contribution < -0.4 is 0 Å². The summed E-state index contributed by atoms with van der Waals surface area (Å²) < 4.78 is 0. The summed E-state index contributed by atoms with van der Waals surface area (Å²) in [5, 5.41) is 11.6. The highest BCUT2D eigenvalue weighted by Crippen LogP contribution is 2.28. The van der Waals surface area contributed by atoms with E-state index in [-0.39, 0.29) is 6.61 Å². The maximum absolute atomic E-state index is 9.21. The molecule has 0 spiro atoms. The number of aliphatic hydroxyl groups excluding tert-OH is 1. The first-order valence-corrected chi connectivity index (χ1v) is 5.27. The van der Waals surface area contributed by atoms with Crippen LogP contribution in [0.1, 0.15) is 11.3 Å². The molecule has 0 bridgehead atoms. The van der Waals surface area contributed by atoms with Crippen LogP contribution in [0.4, 0.5) is 0 Å². The minimum atomic E-state index is -0.0126. The molecular formula is C13H12N2O. The van der Waals surface area contributed by atoms with Crippen molar-refractivity contribution in [1.82, 2.24) is 9.97 Å². The lowest BCUT2D eigenvalue weighted by Crippen LogP contribution is -1.93. The number of aryl methyl sites for hydroxylation is 1. The molecule has 0 atom stereocenters. The van der Waals surface area contributed by atoms with Crippen molar-refractivity contribution in [3.8, 4) is 0 Å². The SMILES string of the molecule is Cc1c(CO)ncc2[nH]c3ccccc3c12. The van der Waals surface area contributed by atoms with Gasteiger partial charge in [-0.25, -0.2) is 0 Å². The van der Waals surface area contributed by atoms with Gasteiger partial charge in [-0.1, -0.05) is 18.2 Å². The summed E-state index contributed by atoms with van der Waals surface area (Å²) in [5.41, 5.74) is 3.93. The maximum atomic E-state index is 9.21. The Bertz CT molecular complexity index is 670. The van der Waals surface area contributed by atoms with Crippen LogP contribution in [-0.4, -0.2) is 15.1 Å². The van der Waals surface area contributed by atoms with E-state index in [9.17, 15) is 5.11 Å². The summed E-state index contributed by atoms with van der Waals surface area (Å²) >= 11 is 0. The first kappa shape index (κ1) is 9.36. The molecule has 2 N–H and O–H groups in total. The van der Waals surface area contributed by atoms with Crippen molar-refractivity contribution >= 4 is 21.8 Å². The molecule has 0 unspecified atom stereocenters. The number of nitrogens with one attached hydrogen (secondary N) is 1. The highest BCUT2D eigenvalue weighted by Gasteiger charge is 2.09. The van der Waals surface area contributed by atoms with Crippen molar-refractivity contribution in [2.24, 2.45) is 0 Å². The monoisotopic (exact) mass is 212 g/mol. The zero-order valence-electron chi connectivity index (χ0n) is 8.99. The smallest absolute Gasteiger partial charge is 0.0855 e. The van der Waals surface area contributed by atoms with Crippen molar-refractivity contribution in [2.75, 3.05) is 0 Å². The van der Waals surface area contributed by atoms with Crippen molar-refractivity contribution in [2.45, 2.75) is 13.5 Å². The normalized spacial score (nSPS) is 11.4. The van der Waals surface area contributed by atoms with Gasteiger partial charge in [0.2, 0.25) is 0 Å². The third-order valence-corrected chi connectivity index (χ3v) is 3.04. The van der Waals surface area contributed by atoms with Gasteiger partial charge in [0, 0.05) is 16.3 Å². The van der Waals surface area contributed by atoms with Gasteiger partial charge in [-0.3, -0.25) is 4.98 Å². The van der Waals surface area contributed by atoms with Gasteiger partial charge in [0.05, 0.1) is 24.0 Å². The number of aliphatic hydroxyl groups is 1. The summed E-state index contributed by atoms with van der Waals surface area (Å²) in [6.45, 7) is 1.99. The van der Waals surface area contributed by atoms with Gasteiger partial charge in [0.1, 0.15) is 0 Å². The molecule has 0 aliphatic heterocycles. The van der Waals surface area contributed by atoms with Gasteiger partial charge >= 0.3 is 0 Å². The van der Waals surface area contributed by atoms with Crippen molar-refractivity contribution in [3.63, 3.8) is 0 Å². The Morgan fingerprint density at radius 2 is 2.06 bits per heavy atom. The molecule has 0 radical (unpaired) electrons. The Balaban J connectivity index is 2.53. The Morgan fingerprint density at radius 3 is 2.88 bits per heavy atom. The Hall–Kier alpha value is -1.87. The third-order valence-electron chi connectivity index (χ3n) is 3.04. The predicted molar refractivity (Wildman–Crippen MR) is 64.3 cm³/mol. The van der Waals surface area contributed by atoms with Crippen molar-refractivity contribution < 1.29 is 5.11 Å². The Morgan fingerprint density at radius 1 is 1.25 bits per heavy atom. The fourth-order valence-electron chi connectivity index (χ4n) is 2.21. The number of fused-ring (bicyclic) bond motifs is 3. The first-order valence-electron chi connectivity index (χ1n) is 5.27. The number of hydrogen-bond donors (Lipinski definition) is 2. The van der Waals surface area contributed by atoms with Crippen LogP contribution in [0, 0.1) is 6.92 Å². The second kappa shape index (κ2) is 3.32. The van der Waals surface area contributed by atoms with Gasteiger partial charge < -0.3 is 10.1 Å². The lowest BCUT2D eigenvalue weighted by molar-refractivity contribution is 0.276. The van der Waals surface area contributed by atoms with Gasteiger partial charge in [-0.05, 0) is 18.6 Å². The summed E-state index contributed by atoms with van der Waals surface area (Å²) in [7, 11) is 0. The Labute approximate surface area is 92.7 Å². The maximum Gasteiger partial charge on any atom is 0.0855 e. The van der Waals surface area contributed by atoms with E-state index in [1.165, 1.54) is 5.39 Å². The van der Waals surface area contributed by atoms with Crippen LogP contribution >= 0.6 is 0 Å². The van der Waals surface area contributed by atoms with E-state index >= 15 is 0 Å². The van der Waals surface area contributed by atoms with Gasteiger partial charge in [-0.2, -0.15) is 0 Å². The molecular weight excluding hydrogens is 200 g/mol. The molecule has 1 aromatic carbocycles. The number of para-hydroxylation sites is 1. The summed E-state index contributed by atoms with van der Waals surface area (Å²) in [6.07, 6.45) is 1.79. The minimum absolute atomic E-state index is 0.0126. The molecule has 2 aromatic heterocycles. The molecule has 0 aliphatic carbocycles. The largest absolute Gasteiger partial charge is 0.390 e. The fraction of sp³-hybridized carbons (Fsp3) is 0.154. The average Bonchev–Trinajstić information content (AvgIpc) is 2.68. The predicted octanol–water partition coefficient (Wildman–Crippen LogP) is 2.52. The molecule has 0 saturated heterocycles. The standard InChI is InChI=1S/C13H12N2O/c1-8-12(7-16)14-6-11-13(8)9-4-2-3-5-10(9)15-11/h2-6,15-16H,7H2,1H3. The molecule has 0 aliphatic rings. The lowest BCUT2D eigenvalue weighted by atomic mass is 10.1. The summed E-state index contributed by atoms with van der Waals surface area (Å²) in [5.74, 6) is 0. The molecule has 3 rings (SSSR count). The van der Waals surface area contributed by atoms with E-state index in [0.717, 1.165) is 27.7 Å². The van der Waals surface area contributed by atoms with E-state index in [4.69, 9.17) is 0 Å². The van der Waals surface area contributed by atoms with Crippen LogP contribution in [0.5, 0.6) is 0 Å². The molecule has 3 heteroatoms. The van der Waals surface area contributed by atoms with Crippen LogP contribution in [0.15, 0.2) is 30.5 Å². The van der Waals surface area contributed by atoms with Crippen molar-refractivity contribution in [3.05, 3.63) is 41.7 Å². The number of nitrogens with zero attached hydrogens (tertiary/aromatic N) is 1. The number of H-pyrrole nitrogens is 1. The van der Waals surface area contributed by atoms with Crippen molar-refractivity contribution in [1.29, 1.82) is 0 Å². The zero-order chi connectivity index (χ0) is 11.1. The van der Waals surface area contributed by atoms with E-state index in [0.29, 0.717) is 0 Å². The average molecular weight is 212 g/mol. The summed E-state index contributed by atoms with van der Waals surface area (Å²) in [4.78, 5) is 7.56. The molecule has 2 heterocycles. The van der Waals surface area contributed by atoms with Gasteiger partial charge in [0.15, 0.2) is 0 Å². The van der Waals surface area contributed by atoms with E-state index < -0.39 is 0 Å². The number of aromatic amines is 1. The van der Waals surface area contributed by atoms with Crippen LogP contribution in [0.3, 0.4) is 0 Å². The number of pyridine rings is 1. The molecule has 0 amide bonds. The number of rotatable bonds is 1. The minimum Gasteiger partial charge on any atom is -0.390 e. The third kappa shape index (κ3) is 1.15. The van der Waals surface area contributed by atoms with Gasteiger partial charge in [-0.15, -0.1) is 0 Å². The zero-order valence-corrected chi connectivity index (χ0v) is 8.99. The molecule has 80 valence electrons. The number of aromatic nitrogens is 2. The molecule has 3 aromatic rings. The van der Waals surface area contributed by atoms with Crippen LogP contribution in [0.25, 0.3) is 21.8 Å². The molecule has 16 heavy (non-hydrogen) atoms. The first-order chi connectivity index (χ1) is 7.81. The molecule has 0 saturated carbocycles. The molecule has 3 nitrogen and oxygen atoms in total. The van der Waals surface area contributed by atoms with Gasteiger partial charge in [0.25, 0.3) is 0 Å². The number of benzene rings is 1. The lowest BCUT2D eigenvalue weighted by Gasteiger charge is -2.02. The summed E-state index contributed by atoms with van der Waals surface area (Å²) in [6, 6.07) is 8.16. The highest BCUT2D eigenvalue weighted by atomic mass is 16.3. The fourth-order valence-corrected chi connectivity index (χ4v) is 2.21. The topological polar surface area (TPSA) is 48.9 Å². The highest BCUT2D eigenvalue weighted by molar-refractivity contribution is 6.08. The second-order valence-electron chi connectivity index (χ2n) is 3.95. The van der Waals surface area contributed by atoms with E-state index in [1.807, 2.05) is 25.1 Å². The quantitative estimate of drug-likeness (QED) is 0.651.